The second-order valence-corrected chi connectivity index (χ2v) is 5.34. The number of aromatic amines is 1. The van der Waals surface area contributed by atoms with E-state index >= 15 is 0 Å². The summed E-state index contributed by atoms with van der Waals surface area (Å²) in [5.74, 6) is 0.853. The quantitative estimate of drug-likeness (QED) is 0.894. The Hall–Kier alpha value is -1.90. The maximum Gasteiger partial charge on any atom is 0.254 e. The first-order valence-electron chi connectivity index (χ1n) is 6.59. The summed E-state index contributed by atoms with van der Waals surface area (Å²) in [7, 11) is 0. The van der Waals surface area contributed by atoms with E-state index in [1.54, 1.807) is 0 Å². The Morgan fingerprint density at radius 2 is 1.68 bits per heavy atom. The molecule has 0 amide bonds. The number of aromatic nitrogens is 2. The number of H-pyrrole nitrogens is 1. The Morgan fingerprint density at radius 1 is 1.11 bits per heavy atom. The van der Waals surface area contributed by atoms with E-state index in [9.17, 15) is 4.79 Å². The van der Waals surface area contributed by atoms with E-state index in [1.807, 2.05) is 52.8 Å². The van der Waals surface area contributed by atoms with Gasteiger partial charge in [0.15, 0.2) is 0 Å². The molecule has 3 heteroatoms. The van der Waals surface area contributed by atoms with Gasteiger partial charge in [0.25, 0.3) is 5.56 Å². The van der Waals surface area contributed by atoms with Crippen molar-refractivity contribution in [1.82, 2.24) is 9.97 Å². The molecule has 19 heavy (non-hydrogen) atoms. The van der Waals surface area contributed by atoms with Crippen molar-refractivity contribution in [1.29, 1.82) is 0 Å². The lowest BCUT2D eigenvalue weighted by molar-refractivity contribution is 0.814. The van der Waals surface area contributed by atoms with Crippen molar-refractivity contribution >= 4 is 0 Å². The highest BCUT2D eigenvalue weighted by atomic mass is 16.1. The Bertz CT molecular complexity index is 649. The zero-order valence-corrected chi connectivity index (χ0v) is 12.2. The Morgan fingerprint density at radius 3 is 2.16 bits per heavy atom. The van der Waals surface area contributed by atoms with Gasteiger partial charge in [0.05, 0.1) is 0 Å². The minimum Gasteiger partial charge on any atom is -0.306 e. The van der Waals surface area contributed by atoms with Gasteiger partial charge in [-0.25, -0.2) is 4.98 Å². The number of rotatable bonds is 2. The minimum atomic E-state index is -0.0276. The van der Waals surface area contributed by atoms with E-state index in [-0.39, 0.29) is 11.5 Å². The molecule has 0 saturated heterocycles. The van der Waals surface area contributed by atoms with Crippen molar-refractivity contribution in [2.45, 2.75) is 40.5 Å². The van der Waals surface area contributed by atoms with Crippen molar-refractivity contribution in [2.75, 3.05) is 0 Å². The monoisotopic (exact) mass is 256 g/mol. The predicted molar refractivity (Wildman–Crippen MR) is 78.6 cm³/mol. The lowest BCUT2D eigenvalue weighted by Crippen LogP contribution is -2.19. The van der Waals surface area contributed by atoms with Crippen LogP contribution in [-0.2, 0) is 0 Å². The fourth-order valence-corrected chi connectivity index (χ4v) is 2.58. The average molecular weight is 256 g/mol. The van der Waals surface area contributed by atoms with Gasteiger partial charge in [-0.15, -0.1) is 0 Å². The molecule has 0 spiro atoms. The standard InChI is InChI=1S/C16H20N2O/c1-9(2)13-12(5)17-15(18-16(13)19)14-10(3)7-6-8-11(14)4/h6-9H,1-5H3,(H,17,18,19). The molecule has 0 radical (unpaired) electrons. The molecule has 1 aromatic carbocycles. The fraction of sp³-hybridized carbons (Fsp3) is 0.375. The van der Waals surface area contributed by atoms with Gasteiger partial charge in [0.1, 0.15) is 5.82 Å². The van der Waals surface area contributed by atoms with E-state index in [1.165, 1.54) is 0 Å². The maximum atomic E-state index is 12.2. The number of benzene rings is 1. The van der Waals surface area contributed by atoms with Gasteiger partial charge in [-0.2, -0.15) is 0 Å². The van der Waals surface area contributed by atoms with Gasteiger partial charge in [-0.1, -0.05) is 32.0 Å². The van der Waals surface area contributed by atoms with E-state index in [2.05, 4.69) is 9.97 Å². The first-order valence-corrected chi connectivity index (χ1v) is 6.59. The number of nitrogens with one attached hydrogen (secondary N) is 1. The van der Waals surface area contributed by atoms with Crippen LogP contribution in [-0.4, -0.2) is 9.97 Å². The topological polar surface area (TPSA) is 45.8 Å². The van der Waals surface area contributed by atoms with Crippen LogP contribution in [0.15, 0.2) is 23.0 Å². The van der Waals surface area contributed by atoms with Gasteiger partial charge in [-0.05, 0) is 37.8 Å². The number of hydrogen-bond donors (Lipinski definition) is 1. The van der Waals surface area contributed by atoms with E-state index in [0.717, 1.165) is 27.9 Å². The zero-order chi connectivity index (χ0) is 14.2. The maximum absolute atomic E-state index is 12.2. The van der Waals surface area contributed by atoms with Gasteiger partial charge in [0, 0.05) is 16.8 Å². The van der Waals surface area contributed by atoms with Crippen LogP contribution in [0.25, 0.3) is 11.4 Å². The zero-order valence-electron chi connectivity index (χ0n) is 12.2. The van der Waals surface area contributed by atoms with E-state index in [4.69, 9.17) is 0 Å². The second-order valence-electron chi connectivity index (χ2n) is 5.34. The van der Waals surface area contributed by atoms with Crippen LogP contribution in [0.4, 0.5) is 0 Å². The predicted octanol–water partition coefficient (Wildman–Crippen LogP) is 3.49. The summed E-state index contributed by atoms with van der Waals surface area (Å²) in [6.07, 6.45) is 0. The smallest absolute Gasteiger partial charge is 0.254 e. The molecular weight excluding hydrogens is 236 g/mol. The van der Waals surface area contributed by atoms with Crippen LogP contribution >= 0.6 is 0 Å². The molecule has 0 atom stereocenters. The molecule has 3 nitrogen and oxygen atoms in total. The molecule has 100 valence electrons. The SMILES string of the molecule is Cc1cccc(C)c1-c1nc(C)c(C(C)C)c(=O)[nH]1. The third-order valence-electron chi connectivity index (χ3n) is 3.44. The highest BCUT2D eigenvalue weighted by Gasteiger charge is 2.14. The molecule has 2 aromatic rings. The van der Waals surface area contributed by atoms with Gasteiger partial charge < -0.3 is 4.98 Å². The first-order chi connectivity index (χ1) is 8.91. The summed E-state index contributed by atoms with van der Waals surface area (Å²) in [4.78, 5) is 19.7. The Labute approximate surface area is 113 Å². The minimum absolute atomic E-state index is 0.0276. The Kier molecular flexibility index (Phi) is 3.56. The second kappa shape index (κ2) is 5.00. The fourth-order valence-electron chi connectivity index (χ4n) is 2.58. The highest BCUT2D eigenvalue weighted by Crippen LogP contribution is 2.24. The van der Waals surface area contributed by atoms with Crippen molar-refractivity contribution in [3.63, 3.8) is 0 Å². The molecule has 0 aliphatic carbocycles. The number of hydrogen-bond acceptors (Lipinski definition) is 2. The van der Waals surface area contributed by atoms with Crippen molar-refractivity contribution < 1.29 is 0 Å². The normalized spacial score (nSPS) is 11.1. The van der Waals surface area contributed by atoms with Gasteiger partial charge in [0.2, 0.25) is 0 Å². The van der Waals surface area contributed by atoms with E-state index in [0.29, 0.717) is 5.82 Å². The molecule has 1 aromatic heterocycles. The third-order valence-corrected chi connectivity index (χ3v) is 3.44. The van der Waals surface area contributed by atoms with Crippen LogP contribution in [0.3, 0.4) is 0 Å². The van der Waals surface area contributed by atoms with Crippen molar-refractivity contribution in [3.8, 4) is 11.4 Å². The molecule has 0 saturated carbocycles. The molecule has 1 heterocycles. The van der Waals surface area contributed by atoms with Crippen LogP contribution < -0.4 is 5.56 Å². The van der Waals surface area contributed by atoms with Crippen LogP contribution in [0.5, 0.6) is 0 Å². The number of nitrogens with zero attached hydrogens (tertiary/aromatic N) is 1. The van der Waals surface area contributed by atoms with Gasteiger partial charge >= 0.3 is 0 Å². The molecule has 0 fully saturated rings. The Balaban J connectivity index is 2.69. The summed E-state index contributed by atoms with van der Waals surface area (Å²) in [6, 6.07) is 6.09. The molecular formula is C16H20N2O. The van der Waals surface area contributed by atoms with Crippen LogP contribution in [0.2, 0.25) is 0 Å². The number of aryl methyl sites for hydroxylation is 3. The van der Waals surface area contributed by atoms with Crippen molar-refractivity contribution in [2.24, 2.45) is 0 Å². The van der Waals surface area contributed by atoms with Crippen LogP contribution in [0, 0.1) is 20.8 Å². The molecule has 0 aliphatic rings. The lowest BCUT2D eigenvalue weighted by atomic mass is 10.0. The summed E-state index contributed by atoms with van der Waals surface area (Å²) in [6.45, 7) is 10.00. The summed E-state index contributed by atoms with van der Waals surface area (Å²) in [5.41, 5.74) is 4.84. The van der Waals surface area contributed by atoms with Gasteiger partial charge in [-0.3, -0.25) is 4.79 Å². The summed E-state index contributed by atoms with van der Waals surface area (Å²) < 4.78 is 0. The summed E-state index contributed by atoms with van der Waals surface area (Å²) in [5, 5.41) is 0. The lowest BCUT2D eigenvalue weighted by Gasteiger charge is -2.12. The molecule has 0 aliphatic heterocycles. The molecule has 2 rings (SSSR count). The molecule has 0 unspecified atom stereocenters. The highest BCUT2D eigenvalue weighted by molar-refractivity contribution is 5.64. The van der Waals surface area contributed by atoms with E-state index < -0.39 is 0 Å². The largest absolute Gasteiger partial charge is 0.306 e. The summed E-state index contributed by atoms with van der Waals surface area (Å²) >= 11 is 0. The van der Waals surface area contributed by atoms with Crippen molar-refractivity contribution in [3.05, 3.63) is 50.9 Å². The van der Waals surface area contributed by atoms with Crippen LogP contribution in [0.1, 0.15) is 42.1 Å². The third kappa shape index (κ3) is 2.46. The first kappa shape index (κ1) is 13.5. The average Bonchev–Trinajstić information content (AvgIpc) is 2.26. The molecule has 0 bridgehead atoms. The molecule has 1 N–H and O–H groups in total.